The van der Waals surface area contributed by atoms with Crippen molar-refractivity contribution in [2.45, 2.75) is 52.4 Å². The second-order valence-electron chi connectivity index (χ2n) is 8.92. The lowest BCUT2D eigenvalue weighted by atomic mass is 9.79. The van der Waals surface area contributed by atoms with Gasteiger partial charge in [-0.05, 0) is 29.0 Å². The van der Waals surface area contributed by atoms with Gasteiger partial charge in [0.15, 0.2) is 11.4 Å². The maximum Gasteiger partial charge on any atom is 0.193 e. The summed E-state index contributed by atoms with van der Waals surface area (Å²) in [5.74, 6) is 0.227. The van der Waals surface area contributed by atoms with E-state index in [-0.39, 0.29) is 33.6 Å². The summed E-state index contributed by atoms with van der Waals surface area (Å²) in [7, 11) is 0. The van der Waals surface area contributed by atoms with Gasteiger partial charge >= 0.3 is 0 Å². The number of quaternary nitrogens is 2. The lowest BCUT2D eigenvalue weighted by Gasteiger charge is -2.28. The van der Waals surface area contributed by atoms with Crippen LogP contribution in [0.2, 0.25) is 0 Å². The first-order valence-corrected chi connectivity index (χ1v) is 8.97. The highest BCUT2D eigenvalue weighted by molar-refractivity contribution is 5.73. The molecule has 0 amide bonds. The van der Waals surface area contributed by atoms with E-state index in [2.05, 4.69) is 5.32 Å². The van der Waals surface area contributed by atoms with Gasteiger partial charge in [-0.1, -0.05) is 41.5 Å². The zero-order valence-electron chi connectivity index (χ0n) is 17.0. The number of phenols is 1. The van der Waals surface area contributed by atoms with Gasteiger partial charge in [0.1, 0.15) is 11.4 Å². The van der Waals surface area contributed by atoms with E-state index in [0.717, 1.165) is 17.2 Å². The Labute approximate surface area is 164 Å². The van der Waals surface area contributed by atoms with Crippen LogP contribution in [0.4, 0.5) is 22.7 Å². The number of nitrogens with one attached hydrogen (secondary N) is 3. The van der Waals surface area contributed by atoms with Gasteiger partial charge in [0, 0.05) is 22.9 Å². The molecule has 0 spiro atoms. The van der Waals surface area contributed by atoms with E-state index in [9.17, 15) is 20.7 Å². The smallest absolute Gasteiger partial charge is 0.193 e. The maximum absolute atomic E-state index is 11.6. The van der Waals surface area contributed by atoms with Crippen LogP contribution in [0.15, 0.2) is 30.3 Å². The summed E-state index contributed by atoms with van der Waals surface area (Å²) >= 11 is 0. The second-order valence-corrected chi connectivity index (χ2v) is 8.92. The molecule has 0 saturated carbocycles. The predicted octanol–water partition coefficient (Wildman–Crippen LogP) is 2.54. The minimum absolute atomic E-state index is 0.0978. The highest BCUT2D eigenvalue weighted by Crippen LogP contribution is 2.41. The van der Waals surface area contributed by atoms with E-state index in [4.69, 9.17) is 5.21 Å². The van der Waals surface area contributed by atoms with Gasteiger partial charge in [-0.2, -0.15) is 10.5 Å². The van der Waals surface area contributed by atoms with Gasteiger partial charge in [-0.25, -0.2) is 10.4 Å². The van der Waals surface area contributed by atoms with Crippen molar-refractivity contribution in [2.75, 3.05) is 5.32 Å². The molecule has 6 N–H and O–H groups in total. The normalized spacial score (nSPS) is 14.6. The van der Waals surface area contributed by atoms with E-state index in [1.165, 1.54) is 12.1 Å². The van der Waals surface area contributed by atoms with Crippen LogP contribution in [0.1, 0.15) is 52.7 Å². The molecule has 0 aromatic heterocycles. The monoisotopic (exact) mass is 391 g/mol. The number of phenolic OH excluding ortho intramolecular Hbond substituents is 1. The highest BCUT2D eigenvalue weighted by Gasteiger charge is 2.27. The molecule has 154 valence electrons. The first-order chi connectivity index (χ1) is 12.7. The van der Waals surface area contributed by atoms with Crippen molar-refractivity contribution >= 4 is 22.7 Å². The lowest BCUT2D eigenvalue weighted by molar-refractivity contribution is -0.996. The van der Waals surface area contributed by atoms with Crippen molar-refractivity contribution in [3.05, 3.63) is 51.9 Å². The Kier molecular flexibility index (Phi) is 6.05. The third-order valence-electron chi connectivity index (χ3n) is 4.50. The van der Waals surface area contributed by atoms with Crippen LogP contribution in [0, 0.1) is 10.4 Å². The second kappa shape index (κ2) is 7.67. The molecule has 2 aromatic rings. The molecule has 0 fully saturated rings. The number of aromatic hydroxyl groups is 1. The number of anilines is 2. The lowest BCUT2D eigenvalue weighted by Crippen LogP contribution is -3.00. The number of hydrogen-bond acceptors (Lipinski definition) is 6. The van der Waals surface area contributed by atoms with Gasteiger partial charge in [-0.15, -0.1) is 0 Å². The van der Waals surface area contributed by atoms with Gasteiger partial charge in [-0.3, -0.25) is 0 Å². The SMILES string of the molecule is CC(C)(C)c1cc(Nc2ccc([NH+]([O-])O)cc2[NH+]([O-])O)cc(C(C)(C)C)c1O. The Morgan fingerprint density at radius 2 is 1.32 bits per heavy atom. The first kappa shape index (κ1) is 22.1. The molecule has 8 nitrogen and oxygen atoms in total. The summed E-state index contributed by atoms with van der Waals surface area (Å²) in [5, 5.41) is 52.8. The van der Waals surface area contributed by atoms with E-state index in [1.54, 1.807) is 12.1 Å². The molecule has 2 atom stereocenters. The highest BCUT2D eigenvalue weighted by atomic mass is 16.8. The van der Waals surface area contributed by atoms with Crippen molar-refractivity contribution < 1.29 is 26.0 Å². The van der Waals surface area contributed by atoms with Crippen LogP contribution in [0.5, 0.6) is 5.75 Å². The molecule has 0 aliphatic rings. The fraction of sp³-hybridized carbons (Fsp3) is 0.400. The zero-order valence-corrected chi connectivity index (χ0v) is 17.0. The third-order valence-corrected chi connectivity index (χ3v) is 4.50. The third kappa shape index (κ3) is 4.79. The molecule has 0 radical (unpaired) electrons. The molecule has 0 saturated heterocycles. The van der Waals surface area contributed by atoms with Crippen molar-refractivity contribution in [3.8, 4) is 5.75 Å². The summed E-state index contributed by atoms with van der Waals surface area (Å²) < 4.78 is 0. The predicted molar refractivity (Wildman–Crippen MR) is 107 cm³/mol. The average Bonchev–Trinajstić information content (AvgIpc) is 2.54. The Morgan fingerprint density at radius 1 is 0.821 bits per heavy atom. The zero-order chi connectivity index (χ0) is 21.4. The molecule has 0 bridgehead atoms. The minimum Gasteiger partial charge on any atom is -0.595 e. The van der Waals surface area contributed by atoms with Crippen molar-refractivity contribution in [3.63, 3.8) is 0 Å². The Hall–Kier alpha value is -2.20. The topological polar surface area (TPSA) is 128 Å². The summed E-state index contributed by atoms with van der Waals surface area (Å²) in [6.07, 6.45) is 0. The first-order valence-electron chi connectivity index (χ1n) is 8.97. The quantitative estimate of drug-likeness (QED) is 0.351. The molecule has 2 aromatic carbocycles. The van der Waals surface area contributed by atoms with Crippen LogP contribution < -0.4 is 15.8 Å². The fourth-order valence-electron chi connectivity index (χ4n) is 2.97. The summed E-state index contributed by atoms with van der Waals surface area (Å²) in [4.78, 5) is 0. The fourth-order valence-corrected chi connectivity index (χ4v) is 2.97. The van der Waals surface area contributed by atoms with Gasteiger partial charge in [0.05, 0.1) is 6.07 Å². The van der Waals surface area contributed by atoms with E-state index in [1.807, 2.05) is 41.5 Å². The Bertz CT molecular complexity index is 817. The molecule has 0 aliphatic carbocycles. The molecular weight excluding hydrogens is 362 g/mol. The molecule has 2 unspecified atom stereocenters. The Morgan fingerprint density at radius 3 is 1.71 bits per heavy atom. The molecular formula is C20H29N3O5. The average molecular weight is 391 g/mol. The van der Waals surface area contributed by atoms with Crippen LogP contribution in [-0.4, -0.2) is 15.5 Å². The van der Waals surface area contributed by atoms with Crippen molar-refractivity contribution in [2.24, 2.45) is 0 Å². The largest absolute Gasteiger partial charge is 0.595 e. The number of hydrogen-bond donors (Lipinski definition) is 6. The standard InChI is InChI=1S/C20H29N3O5/c1-19(2,3)14-9-12(10-15(18(14)24)20(4,5)6)21-16-8-7-13(22(25)26)11-17(16)23(27)28/h7-11,21-25,27H,1-6H3. The van der Waals surface area contributed by atoms with Gasteiger partial charge in [0.25, 0.3) is 0 Å². The molecule has 28 heavy (non-hydrogen) atoms. The van der Waals surface area contributed by atoms with Crippen molar-refractivity contribution in [1.29, 1.82) is 0 Å². The minimum atomic E-state index is -1.23. The molecule has 8 heteroatoms. The molecule has 2 rings (SSSR count). The summed E-state index contributed by atoms with van der Waals surface area (Å²) in [5.41, 5.74) is 1.49. The van der Waals surface area contributed by atoms with Crippen molar-refractivity contribution in [1.82, 2.24) is 0 Å². The van der Waals surface area contributed by atoms with Crippen LogP contribution in [0.3, 0.4) is 0 Å². The molecule has 0 heterocycles. The van der Waals surface area contributed by atoms with Crippen LogP contribution >= 0.6 is 0 Å². The van der Waals surface area contributed by atoms with Crippen LogP contribution in [0.25, 0.3) is 0 Å². The summed E-state index contributed by atoms with van der Waals surface area (Å²) in [6.45, 7) is 11.9. The molecule has 0 aliphatic heterocycles. The van der Waals surface area contributed by atoms with E-state index in [0.29, 0.717) is 5.69 Å². The van der Waals surface area contributed by atoms with Gasteiger partial charge < -0.3 is 20.8 Å². The van der Waals surface area contributed by atoms with E-state index >= 15 is 0 Å². The van der Waals surface area contributed by atoms with Gasteiger partial charge in [0.2, 0.25) is 0 Å². The number of benzene rings is 2. The van der Waals surface area contributed by atoms with Crippen LogP contribution in [-0.2, 0) is 10.8 Å². The number of rotatable bonds is 4. The maximum atomic E-state index is 11.6. The van der Waals surface area contributed by atoms with E-state index < -0.39 is 10.5 Å². The summed E-state index contributed by atoms with van der Waals surface area (Å²) in [6, 6.07) is 7.51. The Balaban J connectivity index is 2.61.